The average molecular weight is 454 g/mol. The van der Waals surface area contributed by atoms with Crippen LogP contribution in [0.3, 0.4) is 0 Å². The van der Waals surface area contributed by atoms with Gasteiger partial charge in [-0.2, -0.15) is 0 Å². The van der Waals surface area contributed by atoms with Crippen LogP contribution < -0.4 is 4.90 Å². The van der Waals surface area contributed by atoms with Crippen molar-refractivity contribution in [2.45, 2.75) is 4.90 Å². The van der Waals surface area contributed by atoms with Crippen LogP contribution in [-0.4, -0.2) is 48.2 Å². The molecule has 0 atom stereocenters. The number of piperazine rings is 1. The fourth-order valence-electron chi connectivity index (χ4n) is 2.90. The highest BCUT2D eigenvalue weighted by Gasteiger charge is 2.25. The second-order valence-corrected chi connectivity index (χ2v) is 10.0. The van der Waals surface area contributed by atoms with Gasteiger partial charge in [-0.05, 0) is 46.5 Å². The van der Waals surface area contributed by atoms with E-state index in [4.69, 9.17) is 4.98 Å². The minimum atomic E-state index is 0.129. The topological polar surface area (TPSA) is 36.4 Å². The molecular weight excluding hydrogens is 438 g/mol. The van der Waals surface area contributed by atoms with Crippen molar-refractivity contribution in [2.24, 2.45) is 0 Å². The first kappa shape index (κ1) is 17.3. The summed E-state index contributed by atoms with van der Waals surface area (Å²) in [4.78, 5) is 23.7. The summed E-state index contributed by atoms with van der Waals surface area (Å²) in [6.07, 6.45) is 2.08. The second kappa shape index (κ2) is 7.26. The van der Waals surface area contributed by atoms with Gasteiger partial charge in [0, 0.05) is 31.1 Å². The number of thioether (sulfide) groups is 1. The molecule has 1 fully saturated rings. The third kappa shape index (κ3) is 3.45. The number of amides is 1. The van der Waals surface area contributed by atoms with Crippen LogP contribution in [0.2, 0.25) is 0 Å². The molecule has 0 bridgehead atoms. The van der Waals surface area contributed by atoms with Gasteiger partial charge in [0.05, 0.1) is 18.9 Å². The standard InChI is InChI=1S/C17H16BrN3OS3/c1-23-11-3-2-4-12-15(11)19-17(25-12)21-9-7-20(8-10-21)16(22)13-5-6-14(18)24-13/h2-6H,7-10H2,1H3. The third-order valence-electron chi connectivity index (χ3n) is 4.21. The normalized spacial score (nSPS) is 15.1. The lowest BCUT2D eigenvalue weighted by atomic mass is 10.3. The van der Waals surface area contributed by atoms with E-state index in [0.717, 1.165) is 45.5 Å². The molecule has 1 aliphatic rings. The maximum Gasteiger partial charge on any atom is 0.264 e. The van der Waals surface area contributed by atoms with Crippen molar-refractivity contribution in [1.29, 1.82) is 0 Å². The number of thiophene rings is 1. The van der Waals surface area contributed by atoms with E-state index in [9.17, 15) is 4.79 Å². The number of hydrogen-bond acceptors (Lipinski definition) is 6. The van der Waals surface area contributed by atoms with Crippen LogP contribution in [0.1, 0.15) is 9.67 Å². The summed E-state index contributed by atoms with van der Waals surface area (Å²) in [5.74, 6) is 0.129. The van der Waals surface area contributed by atoms with E-state index in [1.807, 2.05) is 17.0 Å². The number of aromatic nitrogens is 1. The number of benzene rings is 1. The van der Waals surface area contributed by atoms with Gasteiger partial charge in [0.1, 0.15) is 0 Å². The number of para-hydroxylation sites is 1. The molecule has 3 aromatic rings. The molecule has 0 unspecified atom stereocenters. The first-order chi connectivity index (χ1) is 12.2. The highest BCUT2D eigenvalue weighted by atomic mass is 79.9. The van der Waals surface area contributed by atoms with Gasteiger partial charge in [0.2, 0.25) is 0 Å². The molecule has 1 amide bonds. The summed E-state index contributed by atoms with van der Waals surface area (Å²) in [7, 11) is 0. The molecule has 130 valence electrons. The smallest absolute Gasteiger partial charge is 0.264 e. The predicted molar refractivity (Wildman–Crippen MR) is 112 cm³/mol. The number of hydrogen-bond donors (Lipinski definition) is 0. The van der Waals surface area contributed by atoms with Crippen LogP contribution in [0.15, 0.2) is 39.0 Å². The van der Waals surface area contributed by atoms with Gasteiger partial charge in [-0.3, -0.25) is 4.79 Å². The van der Waals surface area contributed by atoms with E-state index in [0.29, 0.717) is 0 Å². The molecule has 3 heterocycles. The monoisotopic (exact) mass is 453 g/mol. The molecule has 8 heteroatoms. The number of carbonyl (C=O) groups excluding carboxylic acids is 1. The molecule has 2 aromatic heterocycles. The number of halogens is 1. The van der Waals surface area contributed by atoms with E-state index in [1.54, 1.807) is 23.1 Å². The Labute approximate surface area is 167 Å². The van der Waals surface area contributed by atoms with Gasteiger partial charge < -0.3 is 9.80 Å². The summed E-state index contributed by atoms with van der Waals surface area (Å²) in [6.45, 7) is 3.12. The Hall–Kier alpha value is -1.09. The van der Waals surface area contributed by atoms with Crippen molar-refractivity contribution in [2.75, 3.05) is 37.3 Å². The van der Waals surface area contributed by atoms with Crippen molar-refractivity contribution < 1.29 is 4.79 Å². The minimum Gasteiger partial charge on any atom is -0.345 e. The fraction of sp³-hybridized carbons (Fsp3) is 0.294. The number of carbonyl (C=O) groups is 1. The van der Waals surface area contributed by atoms with Gasteiger partial charge in [0.15, 0.2) is 5.13 Å². The molecule has 0 spiro atoms. The molecular formula is C17H16BrN3OS3. The first-order valence-electron chi connectivity index (χ1n) is 7.89. The number of thiazole rings is 1. The van der Waals surface area contributed by atoms with Crippen LogP contribution in [0, 0.1) is 0 Å². The second-order valence-electron chi connectivity index (χ2n) is 5.69. The van der Waals surface area contributed by atoms with Crippen molar-refractivity contribution in [3.8, 4) is 0 Å². The number of nitrogens with zero attached hydrogens (tertiary/aromatic N) is 3. The Balaban J connectivity index is 1.47. The molecule has 0 N–H and O–H groups in total. The van der Waals surface area contributed by atoms with Crippen molar-refractivity contribution in [3.05, 3.63) is 39.0 Å². The third-order valence-corrected chi connectivity index (χ3v) is 7.67. The number of anilines is 1. The van der Waals surface area contributed by atoms with E-state index in [2.05, 4.69) is 45.3 Å². The van der Waals surface area contributed by atoms with Crippen LogP contribution in [0.5, 0.6) is 0 Å². The summed E-state index contributed by atoms with van der Waals surface area (Å²) >= 11 is 8.39. The maximum absolute atomic E-state index is 12.6. The van der Waals surface area contributed by atoms with Gasteiger partial charge in [-0.15, -0.1) is 23.1 Å². The molecule has 0 saturated carbocycles. The highest BCUT2D eigenvalue weighted by Crippen LogP contribution is 2.34. The lowest BCUT2D eigenvalue weighted by molar-refractivity contribution is 0.0751. The Morgan fingerprint density at radius 3 is 2.64 bits per heavy atom. The number of rotatable bonds is 3. The predicted octanol–water partition coefficient (Wildman–Crippen LogP) is 4.80. The van der Waals surface area contributed by atoms with E-state index in [1.165, 1.54) is 20.9 Å². The summed E-state index contributed by atoms with van der Waals surface area (Å²) < 4.78 is 2.22. The molecule has 1 saturated heterocycles. The van der Waals surface area contributed by atoms with Crippen LogP contribution in [0.25, 0.3) is 10.2 Å². The van der Waals surface area contributed by atoms with E-state index in [-0.39, 0.29) is 5.91 Å². The highest BCUT2D eigenvalue weighted by molar-refractivity contribution is 9.11. The largest absolute Gasteiger partial charge is 0.345 e. The van der Waals surface area contributed by atoms with Gasteiger partial charge in [0.25, 0.3) is 5.91 Å². The van der Waals surface area contributed by atoms with Crippen LogP contribution in [0.4, 0.5) is 5.13 Å². The van der Waals surface area contributed by atoms with Crippen molar-refractivity contribution >= 4 is 71.6 Å². The van der Waals surface area contributed by atoms with Gasteiger partial charge in [-0.1, -0.05) is 17.4 Å². The van der Waals surface area contributed by atoms with E-state index >= 15 is 0 Å². The SMILES string of the molecule is CSc1cccc2sc(N3CCN(C(=O)c4ccc(Br)s4)CC3)nc12. The maximum atomic E-state index is 12.6. The van der Waals surface area contributed by atoms with Crippen LogP contribution >= 0.6 is 50.4 Å². The molecule has 0 radical (unpaired) electrons. The zero-order valence-electron chi connectivity index (χ0n) is 13.6. The van der Waals surface area contributed by atoms with Crippen molar-refractivity contribution in [1.82, 2.24) is 9.88 Å². The summed E-state index contributed by atoms with van der Waals surface area (Å²) in [5.41, 5.74) is 1.09. The Morgan fingerprint density at radius 2 is 1.96 bits per heavy atom. The van der Waals surface area contributed by atoms with E-state index < -0.39 is 0 Å². The molecule has 4 nitrogen and oxygen atoms in total. The summed E-state index contributed by atoms with van der Waals surface area (Å²) in [6, 6.07) is 10.2. The molecule has 1 aliphatic heterocycles. The quantitative estimate of drug-likeness (QED) is 0.533. The summed E-state index contributed by atoms with van der Waals surface area (Å²) in [5, 5.41) is 1.06. The Kier molecular flexibility index (Phi) is 5.04. The van der Waals surface area contributed by atoms with Crippen LogP contribution in [-0.2, 0) is 0 Å². The molecule has 1 aromatic carbocycles. The molecule has 0 aliphatic carbocycles. The molecule has 25 heavy (non-hydrogen) atoms. The minimum absolute atomic E-state index is 0.129. The van der Waals surface area contributed by atoms with Gasteiger partial charge in [-0.25, -0.2) is 4.98 Å². The fourth-order valence-corrected chi connectivity index (χ4v) is 5.92. The zero-order chi connectivity index (χ0) is 17.4. The molecule has 4 rings (SSSR count). The lowest BCUT2D eigenvalue weighted by Gasteiger charge is -2.34. The van der Waals surface area contributed by atoms with Gasteiger partial charge >= 0.3 is 0 Å². The average Bonchev–Trinajstić information content (AvgIpc) is 3.27. The zero-order valence-corrected chi connectivity index (χ0v) is 17.6. The Bertz CT molecular complexity index is 915. The number of fused-ring (bicyclic) bond motifs is 1. The van der Waals surface area contributed by atoms with Crippen molar-refractivity contribution in [3.63, 3.8) is 0 Å². The lowest BCUT2D eigenvalue weighted by Crippen LogP contribution is -2.48. The first-order valence-corrected chi connectivity index (χ1v) is 11.5. The Morgan fingerprint density at radius 1 is 1.16 bits per heavy atom.